The van der Waals surface area contributed by atoms with Crippen molar-refractivity contribution in [2.45, 2.75) is 82.5 Å². The number of nitrogens with zero attached hydrogens (tertiary/aromatic N) is 3. The number of amides is 3. The Morgan fingerprint density at radius 1 is 1.00 bits per heavy atom. The maximum Gasteiger partial charge on any atom is 0.391 e. The van der Waals surface area contributed by atoms with Crippen molar-refractivity contribution < 1.29 is 27.5 Å². The first-order valence-corrected chi connectivity index (χ1v) is 12.3. The smallest absolute Gasteiger partial charge is 0.381 e. The van der Waals surface area contributed by atoms with E-state index in [1.807, 2.05) is 6.92 Å². The van der Waals surface area contributed by atoms with Gasteiger partial charge in [0, 0.05) is 38.9 Å². The van der Waals surface area contributed by atoms with E-state index in [4.69, 9.17) is 4.74 Å². The third kappa shape index (κ3) is 4.52. The number of hydrogen-bond donors (Lipinski definition) is 0. The Kier molecular flexibility index (Phi) is 7.05. The summed E-state index contributed by atoms with van der Waals surface area (Å²) in [5.74, 6) is -0.881. The lowest BCUT2D eigenvalue weighted by Crippen LogP contribution is -2.50. The zero-order valence-corrected chi connectivity index (χ0v) is 19.0. The van der Waals surface area contributed by atoms with Crippen LogP contribution in [-0.2, 0) is 9.53 Å². The van der Waals surface area contributed by atoms with Crippen molar-refractivity contribution in [1.29, 1.82) is 0 Å². The number of urea groups is 1. The molecule has 0 radical (unpaired) electrons. The molecule has 1 atom stereocenters. The number of likely N-dealkylation sites (N-methyl/N-ethyl adjacent to an activating group) is 1. The van der Waals surface area contributed by atoms with Gasteiger partial charge in [0.1, 0.15) is 5.54 Å². The molecule has 0 aromatic carbocycles. The van der Waals surface area contributed by atoms with Crippen LogP contribution >= 0.6 is 0 Å². The summed E-state index contributed by atoms with van der Waals surface area (Å²) in [6, 6.07) is -0.713. The van der Waals surface area contributed by atoms with E-state index in [1.54, 1.807) is 4.90 Å². The summed E-state index contributed by atoms with van der Waals surface area (Å²) in [6.07, 6.45) is 0.461. The number of halogens is 3. The maximum absolute atomic E-state index is 13.7. The highest BCUT2D eigenvalue weighted by molar-refractivity contribution is 6.07. The highest BCUT2D eigenvalue weighted by atomic mass is 19.4. The van der Waals surface area contributed by atoms with Gasteiger partial charge in [0.2, 0.25) is 0 Å². The van der Waals surface area contributed by atoms with E-state index < -0.39 is 23.7 Å². The van der Waals surface area contributed by atoms with Gasteiger partial charge in [-0.05, 0) is 77.2 Å². The molecule has 3 amide bonds. The summed E-state index contributed by atoms with van der Waals surface area (Å²) in [6.45, 7) is 6.63. The van der Waals surface area contributed by atoms with Crippen LogP contribution in [0, 0.1) is 11.8 Å². The van der Waals surface area contributed by atoms with Crippen LogP contribution in [0.5, 0.6) is 0 Å². The normalized spacial score (nSPS) is 33.9. The fourth-order valence-electron chi connectivity index (χ4n) is 6.30. The molecule has 9 heteroatoms. The molecule has 1 saturated carbocycles. The quantitative estimate of drug-likeness (QED) is 0.596. The molecule has 1 unspecified atom stereocenters. The number of carbonyl (C=O) groups is 2. The lowest BCUT2D eigenvalue weighted by atomic mass is 9.84. The second-order valence-corrected chi connectivity index (χ2v) is 9.99. The van der Waals surface area contributed by atoms with Crippen LogP contribution in [0.15, 0.2) is 0 Å². The van der Waals surface area contributed by atoms with Crippen molar-refractivity contribution in [3.8, 4) is 0 Å². The van der Waals surface area contributed by atoms with Crippen molar-refractivity contribution in [3.05, 3.63) is 0 Å². The Labute approximate surface area is 188 Å². The molecule has 0 aromatic heterocycles. The molecule has 3 heterocycles. The first kappa shape index (κ1) is 23.8. The van der Waals surface area contributed by atoms with Gasteiger partial charge < -0.3 is 14.5 Å². The Bertz CT molecular complexity index is 690. The first-order valence-electron chi connectivity index (χ1n) is 12.3. The Morgan fingerprint density at radius 2 is 1.69 bits per heavy atom. The fraction of sp³-hybridized carbons (Fsp3) is 0.913. The summed E-state index contributed by atoms with van der Waals surface area (Å²) in [7, 11) is 0. The van der Waals surface area contributed by atoms with Crippen molar-refractivity contribution >= 4 is 11.9 Å². The topological polar surface area (TPSA) is 53.1 Å². The third-order valence-electron chi connectivity index (χ3n) is 8.18. The van der Waals surface area contributed by atoms with Gasteiger partial charge in [-0.3, -0.25) is 9.69 Å². The molecule has 182 valence electrons. The molecule has 32 heavy (non-hydrogen) atoms. The maximum atomic E-state index is 13.7. The molecule has 4 fully saturated rings. The summed E-state index contributed by atoms with van der Waals surface area (Å²) in [4.78, 5) is 32.5. The third-order valence-corrected chi connectivity index (χ3v) is 8.18. The van der Waals surface area contributed by atoms with E-state index in [0.29, 0.717) is 25.3 Å². The van der Waals surface area contributed by atoms with Crippen LogP contribution in [0.1, 0.15) is 64.7 Å². The van der Waals surface area contributed by atoms with Crippen molar-refractivity contribution in [3.63, 3.8) is 0 Å². The molecule has 1 aliphatic carbocycles. The standard InChI is InChI=1S/C23H36F3N3O3/c1-2-28-21(31)29(19-6-4-18(5-7-19)23(24,25)26)20(30)22(28)10-3-12-27(13-11-22)16-17-8-14-32-15-9-17/h17-19H,2-16H2,1H3. The number of rotatable bonds is 4. The highest BCUT2D eigenvalue weighted by Gasteiger charge is 2.58. The number of alkyl halides is 3. The molecule has 0 bridgehead atoms. The second kappa shape index (κ2) is 9.49. The average Bonchev–Trinajstić information content (AvgIpc) is 2.88. The van der Waals surface area contributed by atoms with E-state index >= 15 is 0 Å². The molecule has 6 nitrogen and oxygen atoms in total. The van der Waals surface area contributed by atoms with Crippen molar-refractivity contribution in [2.24, 2.45) is 11.8 Å². The number of carbonyl (C=O) groups excluding carboxylic acids is 2. The minimum Gasteiger partial charge on any atom is -0.381 e. The number of hydrogen-bond acceptors (Lipinski definition) is 4. The Balaban J connectivity index is 1.44. The first-order chi connectivity index (χ1) is 15.3. The molecule has 3 saturated heterocycles. The largest absolute Gasteiger partial charge is 0.391 e. The summed E-state index contributed by atoms with van der Waals surface area (Å²) < 4.78 is 44.7. The zero-order chi connectivity index (χ0) is 22.9. The minimum absolute atomic E-state index is 0.0107. The van der Waals surface area contributed by atoms with Crippen LogP contribution in [0.3, 0.4) is 0 Å². The molecule has 4 aliphatic rings. The van der Waals surface area contributed by atoms with E-state index in [0.717, 1.165) is 52.1 Å². The summed E-state index contributed by atoms with van der Waals surface area (Å²) in [5, 5.41) is 0. The molecule has 3 aliphatic heterocycles. The average molecular weight is 460 g/mol. The van der Waals surface area contributed by atoms with E-state index in [2.05, 4.69) is 4.90 Å². The number of imide groups is 1. The molecule has 0 aromatic rings. The lowest BCUT2D eigenvalue weighted by Gasteiger charge is -2.35. The van der Waals surface area contributed by atoms with Gasteiger partial charge in [-0.2, -0.15) is 13.2 Å². The Morgan fingerprint density at radius 3 is 2.31 bits per heavy atom. The lowest BCUT2D eigenvalue weighted by molar-refractivity contribution is -0.184. The monoisotopic (exact) mass is 459 g/mol. The number of ether oxygens (including phenoxy) is 1. The van der Waals surface area contributed by atoms with E-state index in [-0.39, 0.29) is 37.6 Å². The van der Waals surface area contributed by atoms with Gasteiger partial charge >= 0.3 is 12.2 Å². The zero-order valence-electron chi connectivity index (χ0n) is 19.0. The van der Waals surface area contributed by atoms with E-state index in [1.165, 1.54) is 4.90 Å². The predicted molar refractivity (Wildman–Crippen MR) is 113 cm³/mol. The van der Waals surface area contributed by atoms with Crippen LogP contribution < -0.4 is 0 Å². The van der Waals surface area contributed by atoms with Gasteiger partial charge in [-0.25, -0.2) is 4.79 Å². The van der Waals surface area contributed by atoms with Gasteiger partial charge in [-0.1, -0.05) is 0 Å². The SMILES string of the molecule is CCN1C(=O)N(C2CCC(C(F)(F)F)CC2)C(=O)C12CCCN(CC1CCOCC1)CC2. The van der Waals surface area contributed by atoms with Crippen LogP contribution in [0.25, 0.3) is 0 Å². The van der Waals surface area contributed by atoms with Gasteiger partial charge in [0.25, 0.3) is 5.91 Å². The van der Waals surface area contributed by atoms with Gasteiger partial charge in [0.05, 0.1) is 5.92 Å². The molecular formula is C23H36F3N3O3. The molecular weight excluding hydrogens is 423 g/mol. The second-order valence-electron chi connectivity index (χ2n) is 9.99. The predicted octanol–water partition coefficient (Wildman–Crippen LogP) is 4.04. The van der Waals surface area contributed by atoms with Crippen molar-refractivity contribution in [1.82, 2.24) is 14.7 Å². The minimum atomic E-state index is -4.20. The summed E-state index contributed by atoms with van der Waals surface area (Å²) >= 11 is 0. The molecule has 4 rings (SSSR count). The van der Waals surface area contributed by atoms with Crippen LogP contribution in [0.4, 0.5) is 18.0 Å². The van der Waals surface area contributed by atoms with Crippen LogP contribution in [0.2, 0.25) is 0 Å². The Hall–Kier alpha value is -1.35. The van der Waals surface area contributed by atoms with Crippen LogP contribution in [-0.4, -0.2) is 83.8 Å². The number of likely N-dealkylation sites (tertiary alicyclic amines) is 1. The van der Waals surface area contributed by atoms with Gasteiger partial charge in [0.15, 0.2) is 0 Å². The van der Waals surface area contributed by atoms with E-state index in [9.17, 15) is 22.8 Å². The molecule has 1 spiro atoms. The fourth-order valence-corrected chi connectivity index (χ4v) is 6.30. The van der Waals surface area contributed by atoms with Crippen molar-refractivity contribution in [2.75, 3.05) is 39.4 Å². The van der Waals surface area contributed by atoms with Gasteiger partial charge in [-0.15, -0.1) is 0 Å². The summed E-state index contributed by atoms with van der Waals surface area (Å²) in [5.41, 5.74) is -0.836. The highest BCUT2D eigenvalue weighted by Crippen LogP contribution is 2.43. The molecule has 0 N–H and O–H groups in total.